The number of fused-ring (bicyclic) bond motifs is 1. The molecule has 1 aromatic heterocycles. The summed E-state index contributed by atoms with van der Waals surface area (Å²) in [4.78, 5) is 8.41. The van der Waals surface area contributed by atoms with E-state index in [1.807, 2.05) is 0 Å². The Labute approximate surface area is 194 Å². The van der Waals surface area contributed by atoms with Crippen molar-refractivity contribution in [3.63, 3.8) is 0 Å². The summed E-state index contributed by atoms with van der Waals surface area (Å²) in [6.07, 6.45) is 6.47. The molecular weight excluding hydrogens is 480 g/mol. The highest BCUT2D eigenvalue weighted by molar-refractivity contribution is 7.89. The van der Waals surface area contributed by atoms with Crippen molar-refractivity contribution in [2.24, 2.45) is 0 Å². The van der Waals surface area contributed by atoms with Crippen LogP contribution < -0.4 is 9.64 Å². The summed E-state index contributed by atoms with van der Waals surface area (Å²) in [5.74, 6) is -0.613. The van der Waals surface area contributed by atoms with Crippen molar-refractivity contribution in [2.45, 2.75) is 56.4 Å². The van der Waals surface area contributed by atoms with Gasteiger partial charge in [0.1, 0.15) is 11.6 Å². The summed E-state index contributed by atoms with van der Waals surface area (Å²) in [5, 5.41) is 0. The van der Waals surface area contributed by atoms with E-state index in [1.165, 1.54) is 25.7 Å². The standard InChI is InChI=1S/C21H26F4N4O4S/c1-32-19-7-6-18(22)20-17(19)11-28(34(30,31)21(23,24)25)10-15(12-33-16-4-2-3-5-16)29(20)9-14-8-26-13-27-14/h6-8,13,15-16H,2-5,9-12H2,1H3,(H,26,27). The van der Waals surface area contributed by atoms with Gasteiger partial charge in [0, 0.05) is 24.8 Å². The van der Waals surface area contributed by atoms with Crippen molar-refractivity contribution < 1.29 is 35.5 Å². The number of H-pyrrole nitrogens is 1. The zero-order valence-electron chi connectivity index (χ0n) is 18.5. The number of aromatic amines is 1. The first-order valence-corrected chi connectivity index (χ1v) is 12.3. The second-order valence-corrected chi connectivity index (χ2v) is 10.3. The maximum Gasteiger partial charge on any atom is 0.511 e. The van der Waals surface area contributed by atoms with Crippen LogP contribution >= 0.6 is 0 Å². The molecule has 1 N–H and O–H groups in total. The van der Waals surface area contributed by atoms with Gasteiger partial charge in [0.2, 0.25) is 0 Å². The summed E-state index contributed by atoms with van der Waals surface area (Å²) in [5.41, 5.74) is -4.94. The van der Waals surface area contributed by atoms with Crippen LogP contribution in [0.5, 0.6) is 5.75 Å². The molecule has 188 valence electrons. The van der Waals surface area contributed by atoms with Gasteiger partial charge in [-0.15, -0.1) is 0 Å². The maximum absolute atomic E-state index is 15.3. The topological polar surface area (TPSA) is 87.8 Å². The highest BCUT2D eigenvalue weighted by Gasteiger charge is 2.52. The van der Waals surface area contributed by atoms with Crippen LogP contribution in [0.4, 0.5) is 23.2 Å². The summed E-state index contributed by atoms with van der Waals surface area (Å²) in [6, 6.07) is 1.53. The van der Waals surface area contributed by atoms with E-state index in [9.17, 15) is 21.6 Å². The van der Waals surface area contributed by atoms with Crippen molar-refractivity contribution in [3.05, 3.63) is 41.7 Å². The molecule has 0 bridgehead atoms. The van der Waals surface area contributed by atoms with Gasteiger partial charge in [-0.25, -0.2) is 17.8 Å². The number of sulfonamides is 1. The number of alkyl halides is 3. The van der Waals surface area contributed by atoms with Crippen molar-refractivity contribution in [1.82, 2.24) is 14.3 Å². The van der Waals surface area contributed by atoms with Crippen molar-refractivity contribution >= 4 is 15.7 Å². The number of methoxy groups -OCH3 is 1. The minimum absolute atomic E-state index is 0.0122. The third kappa shape index (κ3) is 4.86. The third-order valence-electron chi connectivity index (χ3n) is 6.24. The number of anilines is 1. The van der Waals surface area contributed by atoms with Gasteiger partial charge in [-0.05, 0) is 25.0 Å². The predicted octanol–water partition coefficient (Wildman–Crippen LogP) is 3.56. The van der Waals surface area contributed by atoms with Gasteiger partial charge in [-0.1, -0.05) is 12.8 Å². The third-order valence-corrected chi connectivity index (χ3v) is 7.78. The fraction of sp³-hybridized carbons (Fsp3) is 0.571. The number of rotatable bonds is 7. The van der Waals surface area contributed by atoms with E-state index in [4.69, 9.17) is 9.47 Å². The van der Waals surface area contributed by atoms with Gasteiger partial charge in [-0.2, -0.15) is 17.5 Å². The van der Waals surface area contributed by atoms with E-state index < -0.39 is 40.5 Å². The van der Waals surface area contributed by atoms with E-state index in [0.29, 0.717) is 10.00 Å². The van der Waals surface area contributed by atoms with Gasteiger partial charge in [0.15, 0.2) is 0 Å². The Morgan fingerprint density at radius 3 is 2.59 bits per heavy atom. The molecule has 1 atom stereocenters. The van der Waals surface area contributed by atoms with Crippen LogP contribution in [-0.2, 0) is 27.8 Å². The highest BCUT2D eigenvalue weighted by atomic mass is 32.2. The van der Waals surface area contributed by atoms with Crippen LogP contribution in [0.15, 0.2) is 24.7 Å². The molecule has 13 heteroatoms. The number of hydrogen-bond donors (Lipinski definition) is 1. The van der Waals surface area contributed by atoms with E-state index in [-0.39, 0.29) is 36.3 Å². The molecule has 2 aliphatic rings. The first-order valence-electron chi connectivity index (χ1n) is 10.9. The molecule has 8 nitrogen and oxygen atoms in total. The largest absolute Gasteiger partial charge is 0.511 e. The summed E-state index contributed by atoms with van der Waals surface area (Å²) in [6.45, 7) is -1.26. The highest BCUT2D eigenvalue weighted by Crippen LogP contribution is 2.40. The number of benzene rings is 1. The lowest BCUT2D eigenvalue weighted by molar-refractivity contribution is -0.0495. The van der Waals surface area contributed by atoms with Crippen LogP contribution in [0.3, 0.4) is 0 Å². The molecule has 0 saturated heterocycles. The number of ether oxygens (including phenoxy) is 2. The van der Waals surface area contributed by atoms with Gasteiger partial charge in [-0.3, -0.25) is 0 Å². The minimum atomic E-state index is -5.71. The lowest BCUT2D eigenvalue weighted by Gasteiger charge is -2.34. The molecule has 34 heavy (non-hydrogen) atoms. The van der Waals surface area contributed by atoms with Crippen LogP contribution in [0, 0.1) is 5.82 Å². The molecule has 1 aliphatic heterocycles. The Balaban J connectivity index is 1.81. The van der Waals surface area contributed by atoms with Crippen molar-refractivity contribution in [2.75, 3.05) is 25.2 Å². The average Bonchev–Trinajstić information content (AvgIpc) is 3.45. The number of hydrogen-bond acceptors (Lipinski definition) is 6. The Bertz CT molecular complexity index is 1090. The molecule has 2 heterocycles. The SMILES string of the molecule is COc1ccc(F)c2c1CN(S(=O)(=O)C(F)(F)F)CC(COC1CCCC1)N2Cc1cnc[nH]1. The van der Waals surface area contributed by atoms with Crippen LogP contribution in [0.25, 0.3) is 0 Å². The van der Waals surface area contributed by atoms with Crippen LogP contribution in [0.2, 0.25) is 0 Å². The second-order valence-electron chi connectivity index (χ2n) is 8.42. The van der Waals surface area contributed by atoms with Gasteiger partial charge >= 0.3 is 15.5 Å². The van der Waals surface area contributed by atoms with E-state index >= 15 is 4.39 Å². The molecule has 0 spiro atoms. The molecule has 2 aromatic rings. The van der Waals surface area contributed by atoms with E-state index in [0.717, 1.165) is 31.7 Å². The molecule has 1 saturated carbocycles. The maximum atomic E-state index is 15.3. The number of halogens is 4. The Morgan fingerprint density at radius 2 is 1.97 bits per heavy atom. The van der Waals surface area contributed by atoms with E-state index in [1.54, 1.807) is 4.90 Å². The second kappa shape index (κ2) is 9.70. The first-order chi connectivity index (χ1) is 16.1. The lowest BCUT2D eigenvalue weighted by atomic mass is 10.1. The van der Waals surface area contributed by atoms with Crippen LogP contribution in [-0.4, -0.2) is 60.6 Å². The van der Waals surface area contributed by atoms with Gasteiger partial charge in [0.25, 0.3) is 0 Å². The fourth-order valence-corrected chi connectivity index (χ4v) is 5.50. The van der Waals surface area contributed by atoms with Crippen LogP contribution in [0.1, 0.15) is 36.9 Å². The average molecular weight is 507 g/mol. The molecule has 0 radical (unpaired) electrons. The summed E-state index contributed by atoms with van der Waals surface area (Å²) in [7, 11) is -4.41. The lowest BCUT2D eigenvalue weighted by Crippen LogP contribution is -2.49. The number of aromatic nitrogens is 2. The molecule has 4 rings (SSSR count). The van der Waals surface area contributed by atoms with Gasteiger partial charge < -0.3 is 19.4 Å². The monoisotopic (exact) mass is 506 g/mol. The van der Waals surface area contributed by atoms with Crippen molar-refractivity contribution in [3.8, 4) is 5.75 Å². The Kier molecular flexibility index (Phi) is 7.06. The fourth-order valence-electron chi connectivity index (χ4n) is 4.54. The normalized spacial score (nSPS) is 20.4. The molecule has 1 aromatic carbocycles. The zero-order chi connectivity index (χ0) is 24.5. The van der Waals surface area contributed by atoms with E-state index in [2.05, 4.69) is 9.97 Å². The first kappa shape index (κ1) is 24.7. The number of nitrogens with zero attached hydrogens (tertiary/aromatic N) is 3. The Hall–Kier alpha value is -2.38. The van der Waals surface area contributed by atoms with Crippen molar-refractivity contribution in [1.29, 1.82) is 0 Å². The summed E-state index contributed by atoms with van der Waals surface area (Å²) >= 11 is 0. The van der Waals surface area contributed by atoms with Gasteiger partial charge in [0.05, 0.1) is 50.1 Å². The zero-order valence-corrected chi connectivity index (χ0v) is 19.3. The smallest absolute Gasteiger partial charge is 0.496 e. The predicted molar refractivity (Wildman–Crippen MR) is 115 cm³/mol. The quantitative estimate of drug-likeness (QED) is 0.578. The summed E-state index contributed by atoms with van der Waals surface area (Å²) < 4.78 is 92.5. The number of imidazole rings is 1. The molecular formula is C21H26F4N4O4S. The molecule has 1 aliphatic carbocycles. The Morgan fingerprint density at radius 1 is 1.24 bits per heavy atom. The molecule has 1 unspecified atom stereocenters. The number of nitrogens with one attached hydrogen (secondary N) is 1. The molecule has 1 fully saturated rings. The minimum Gasteiger partial charge on any atom is -0.496 e. The molecule has 0 amide bonds.